The molecule has 198 valence electrons. The number of rotatable bonds is 8. The normalized spacial score (nSPS) is 16.5. The molecule has 5 rings (SSSR count). The molecule has 1 saturated heterocycles. The summed E-state index contributed by atoms with van der Waals surface area (Å²) in [6.07, 6.45) is 0. The maximum Gasteiger partial charge on any atom is 0.300 e. The first-order valence-electron chi connectivity index (χ1n) is 12.8. The average Bonchev–Trinajstić information content (AvgIpc) is 3.22. The molecular formula is C32H29NO6. The molecule has 39 heavy (non-hydrogen) atoms. The minimum Gasteiger partial charge on any atom is -0.507 e. The third-order valence-corrected chi connectivity index (χ3v) is 6.73. The fourth-order valence-corrected chi connectivity index (χ4v) is 5.00. The van der Waals surface area contributed by atoms with Crippen molar-refractivity contribution in [3.63, 3.8) is 0 Å². The zero-order valence-corrected chi connectivity index (χ0v) is 22.0. The zero-order valence-electron chi connectivity index (χ0n) is 22.0. The standard InChI is InChI=1S/C32H29NO6/c1-4-38-23-17-18-26(27(19-23)39-5-2)30(34)28-29(25-12-8-10-20-9-6-7-11-24(20)25)33(32(36)31(28)35)21-13-15-22(37-3)16-14-21/h6-19,29,34H,4-5H2,1-3H3/b30-28+. The molecule has 0 saturated carbocycles. The summed E-state index contributed by atoms with van der Waals surface area (Å²) >= 11 is 0. The quantitative estimate of drug-likeness (QED) is 0.166. The maximum atomic E-state index is 13.7. The molecule has 0 aromatic heterocycles. The maximum absolute atomic E-state index is 13.7. The number of Topliss-reactive ketones (excluding diaryl/α,β-unsaturated/α-hetero) is 1. The van der Waals surface area contributed by atoms with Crippen molar-refractivity contribution in [1.82, 2.24) is 0 Å². The molecule has 1 unspecified atom stereocenters. The van der Waals surface area contributed by atoms with Crippen LogP contribution in [0.1, 0.15) is 31.0 Å². The molecule has 1 amide bonds. The summed E-state index contributed by atoms with van der Waals surface area (Å²) in [7, 11) is 1.56. The lowest BCUT2D eigenvalue weighted by Crippen LogP contribution is -2.29. The molecule has 4 aromatic rings. The van der Waals surface area contributed by atoms with E-state index in [9.17, 15) is 14.7 Å². The minimum atomic E-state index is -0.884. The van der Waals surface area contributed by atoms with Gasteiger partial charge in [-0.2, -0.15) is 0 Å². The Hall–Kier alpha value is -4.78. The van der Waals surface area contributed by atoms with Crippen LogP contribution in [0.3, 0.4) is 0 Å². The third kappa shape index (κ3) is 4.68. The van der Waals surface area contributed by atoms with Gasteiger partial charge in [-0.05, 0) is 66.6 Å². The van der Waals surface area contributed by atoms with Crippen molar-refractivity contribution in [3.8, 4) is 17.2 Å². The number of fused-ring (bicyclic) bond motifs is 1. The van der Waals surface area contributed by atoms with Crippen LogP contribution in [0.25, 0.3) is 16.5 Å². The molecule has 1 aliphatic rings. The van der Waals surface area contributed by atoms with Gasteiger partial charge in [-0.25, -0.2) is 0 Å². The third-order valence-electron chi connectivity index (χ3n) is 6.73. The highest BCUT2D eigenvalue weighted by Gasteiger charge is 2.47. The predicted molar refractivity (Wildman–Crippen MR) is 151 cm³/mol. The SMILES string of the molecule is CCOc1ccc(/C(O)=C2\C(=O)C(=O)N(c3ccc(OC)cc3)C2c2cccc3ccccc23)c(OCC)c1. The number of ketones is 1. The van der Waals surface area contributed by atoms with E-state index in [-0.39, 0.29) is 11.3 Å². The lowest BCUT2D eigenvalue weighted by Gasteiger charge is -2.27. The fraction of sp³-hybridized carbons (Fsp3) is 0.188. The molecule has 0 aliphatic carbocycles. The molecule has 4 aromatic carbocycles. The number of anilines is 1. The summed E-state index contributed by atoms with van der Waals surface area (Å²) in [4.78, 5) is 28.7. The number of carbonyl (C=O) groups is 2. The summed E-state index contributed by atoms with van der Waals surface area (Å²) in [5.41, 5.74) is 1.51. The number of aliphatic hydroxyl groups excluding tert-OH is 1. The van der Waals surface area contributed by atoms with E-state index < -0.39 is 17.7 Å². The number of ether oxygens (including phenoxy) is 3. The number of carbonyl (C=O) groups excluding carboxylic acids is 2. The van der Waals surface area contributed by atoms with Crippen molar-refractivity contribution in [2.24, 2.45) is 0 Å². The van der Waals surface area contributed by atoms with Crippen LogP contribution >= 0.6 is 0 Å². The van der Waals surface area contributed by atoms with Crippen molar-refractivity contribution in [2.45, 2.75) is 19.9 Å². The lowest BCUT2D eigenvalue weighted by molar-refractivity contribution is -0.132. The predicted octanol–water partition coefficient (Wildman–Crippen LogP) is 6.27. The average molecular weight is 524 g/mol. The van der Waals surface area contributed by atoms with Gasteiger partial charge in [-0.1, -0.05) is 42.5 Å². The van der Waals surface area contributed by atoms with Gasteiger partial charge in [-0.15, -0.1) is 0 Å². The van der Waals surface area contributed by atoms with Gasteiger partial charge in [0.1, 0.15) is 23.0 Å². The van der Waals surface area contributed by atoms with E-state index in [1.54, 1.807) is 49.6 Å². The van der Waals surface area contributed by atoms with Gasteiger partial charge in [0.25, 0.3) is 11.7 Å². The molecule has 1 aliphatic heterocycles. The lowest BCUT2D eigenvalue weighted by atomic mass is 9.91. The Balaban J connectivity index is 1.77. The topological polar surface area (TPSA) is 85.3 Å². The van der Waals surface area contributed by atoms with Crippen molar-refractivity contribution in [1.29, 1.82) is 0 Å². The number of amides is 1. The van der Waals surface area contributed by atoms with Gasteiger partial charge in [0.05, 0.1) is 37.5 Å². The Morgan fingerprint density at radius 3 is 2.26 bits per heavy atom. The Kier molecular flexibility index (Phi) is 7.23. The molecular weight excluding hydrogens is 494 g/mol. The highest BCUT2D eigenvalue weighted by molar-refractivity contribution is 6.52. The van der Waals surface area contributed by atoms with Crippen molar-refractivity contribution < 1.29 is 28.9 Å². The van der Waals surface area contributed by atoms with E-state index >= 15 is 0 Å². The van der Waals surface area contributed by atoms with Crippen molar-refractivity contribution in [2.75, 3.05) is 25.2 Å². The van der Waals surface area contributed by atoms with Crippen LogP contribution in [0.4, 0.5) is 5.69 Å². The van der Waals surface area contributed by atoms with Gasteiger partial charge >= 0.3 is 0 Å². The smallest absolute Gasteiger partial charge is 0.300 e. The van der Waals surface area contributed by atoms with Crippen LogP contribution in [0.2, 0.25) is 0 Å². The minimum absolute atomic E-state index is 0.0164. The molecule has 0 radical (unpaired) electrons. The molecule has 1 atom stereocenters. The molecule has 0 bridgehead atoms. The van der Waals surface area contributed by atoms with Crippen molar-refractivity contribution >= 4 is 33.9 Å². The second-order valence-corrected chi connectivity index (χ2v) is 8.96. The first-order valence-corrected chi connectivity index (χ1v) is 12.8. The van der Waals surface area contributed by atoms with Crippen LogP contribution in [0, 0.1) is 0 Å². The Morgan fingerprint density at radius 2 is 1.54 bits per heavy atom. The number of aliphatic hydroxyl groups is 1. The van der Waals surface area contributed by atoms with Crippen LogP contribution in [-0.2, 0) is 9.59 Å². The highest BCUT2D eigenvalue weighted by atomic mass is 16.5. The van der Waals surface area contributed by atoms with Gasteiger partial charge in [0, 0.05) is 11.8 Å². The number of nitrogens with zero attached hydrogens (tertiary/aromatic N) is 1. The number of hydrogen-bond donors (Lipinski definition) is 1. The second-order valence-electron chi connectivity index (χ2n) is 8.96. The number of benzene rings is 4. The van der Waals surface area contributed by atoms with Crippen LogP contribution < -0.4 is 19.1 Å². The molecule has 0 spiro atoms. The second kappa shape index (κ2) is 10.9. The van der Waals surface area contributed by atoms with Crippen LogP contribution in [0.5, 0.6) is 17.2 Å². The highest BCUT2D eigenvalue weighted by Crippen LogP contribution is 2.45. The largest absolute Gasteiger partial charge is 0.507 e. The van der Waals surface area contributed by atoms with Crippen LogP contribution in [0.15, 0.2) is 90.5 Å². The van der Waals surface area contributed by atoms with E-state index in [1.807, 2.05) is 56.3 Å². The molecule has 7 heteroatoms. The van der Waals surface area contributed by atoms with E-state index in [2.05, 4.69) is 0 Å². The molecule has 1 heterocycles. The summed E-state index contributed by atoms with van der Waals surface area (Å²) in [6, 6.07) is 24.5. The summed E-state index contributed by atoms with van der Waals surface area (Å²) < 4.78 is 16.7. The fourth-order valence-electron chi connectivity index (χ4n) is 5.00. The van der Waals surface area contributed by atoms with Crippen molar-refractivity contribution in [3.05, 3.63) is 102 Å². The summed E-state index contributed by atoms with van der Waals surface area (Å²) in [5.74, 6) is -0.280. The first-order chi connectivity index (χ1) is 19.0. The van der Waals surface area contributed by atoms with E-state index in [1.165, 1.54) is 4.90 Å². The van der Waals surface area contributed by atoms with Gasteiger partial charge in [-0.3, -0.25) is 14.5 Å². The Morgan fingerprint density at radius 1 is 0.846 bits per heavy atom. The number of hydrogen-bond acceptors (Lipinski definition) is 6. The van der Waals surface area contributed by atoms with E-state index in [0.717, 1.165) is 10.8 Å². The van der Waals surface area contributed by atoms with E-state index in [4.69, 9.17) is 14.2 Å². The first kappa shape index (κ1) is 25.9. The van der Waals surface area contributed by atoms with Crippen LogP contribution in [-0.4, -0.2) is 37.1 Å². The molecule has 7 nitrogen and oxygen atoms in total. The van der Waals surface area contributed by atoms with E-state index in [0.29, 0.717) is 47.3 Å². The van der Waals surface area contributed by atoms with Gasteiger partial charge < -0.3 is 19.3 Å². The Bertz CT molecular complexity index is 1570. The summed E-state index contributed by atoms with van der Waals surface area (Å²) in [5, 5.41) is 13.5. The Labute approximate surface area is 226 Å². The summed E-state index contributed by atoms with van der Waals surface area (Å²) in [6.45, 7) is 4.50. The monoisotopic (exact) mass is 523 g/mol. The van der Waals surface area contributed by atoms with Gasteiger partial charge in [0.15, 0.2) is 0 Å². The number of methoxy groups -OCH3 is 1. The molecule has 1 fully saturated rings. The molecule has 1 N–H and O–H groups in total. The van der Waals surface area contributed by atoms with Gasteiger partial charge in [0.2, 0.25) is 0 Å². The zero-order chi connectivity index (χ0) is 27.5.